The van der Waals surface area contributed by atoms with Gasteiger partial charge in [0, 0.05) is 4.90 Å². The van der Waals surface area contributed by atoms with Gasteiger partial charge < -0.3 is 9.31 Å². The number of hydrogen-bond donors (Lipinski definition) is 1. The Hall–Kier alpha value is -0.445. The van der Waals surface area contributed by atoms with Crippen LogP contribution in [0.25, 0.3) is 0 Å². The van der Waals surface area contributed by atoms with Gasteiger partial charge in [-0.15, -0.1) is 12.6 Å². The first-order valence-electron chi connectivity index (χ1n) is 5.78. The minimum Gasteiger partial charge on any atom is -0.406 e. The van der Waals surface area contributed by atoms with Crippen LogP contribution >= 0.6 is 12.6 Å². The first kappa shape index (κ1) is 14.6. The molecule has 0 saturated carbocycles. The lowest BCUT2D eigenvalue weighted by Crippen LogP contribution is -2.41. The summed E-state index contributed by atoms with van der Waals surface area (Å²) in [6.45, 7) is 10.2. The molecular formula is C13H21BO2S. The van der Waals surface area contributed by atoms with Gasteiger partial charge in [0.2, 0.25) is 0 Å². The predicted octanol–water partition coefficient (Wildman–Crippen LogP) is 3.14. The monoisotopic (exact) mass is 252 g/mol. The lowest BCUT2D eigenvalue weighted by atomic mass is 9.90. The molecule has 0 aromatic heterocycles. The second-order valence-electron chi connectivity index (χ2n) is 5.26. The Morgan fingerprint density at radius 3 is 1.59 bits per heavy atom. The highest BCUT2D eigenvalue weighted by molar-refractivity contribution is 7.80. The zero-order valence-corrected chi connectivity index (χ0v) is 12.2. The van der Waals surface area contributed by atoms with E-state index in [1.807, 2.05) is 52.0 Å². The fourth-order valence-electron chi connectivity index (χ4n) is 1.22. The van der Waals surface area contributed by atoms with Gasteiger partial charge in [-0.1, -0.05) is 17.7 Å². The molecule has 0 amide bonds. The van der Waals surface area contributed by atoms with E-state index in [0.717, 1.165) is 4.90 Å². The van der Waals surface area contributed by atoms with Crippen LogP contribution in [-0.4, -0.2) is 18.9 Å². The van der Waals surface area contributed by atoms with Crippen molar-refractivity contribution in [3.8, 4) is 0 Å². The average Bonchev–Trinajstić information content (AvgIpc) is 2.46. The smallest absolute Gasteiger partial charge is 0.406 e. The molecule has 1 heterocycles. The maximum absolute atomic E-state index is 5.33. The van der Waals surface area contributed by atoms with Crippen LogP contribution in [0.3, 0.4) is 0 Å². The molecule has 1 aromatic rings. The summed E-state index contributed by atoms with van der Waals surface area (Å²) in [6.07, 6.45) is 0. The summed E-state index contributed by atoms with van der Waals surface area (Å²) in [5.41, 5.74) is 1.02. The standard InChI is InChI=1S/C7H8S.C6H13BO2/c1-6-2-4-7(8)5-3-6;1-5(2)6(3,4)9-7-8-5/h2-5,8H,1H3;7H,1-4H3. The number of aryl methyl sites for hydroxylation is 1. The van der Waals surface area contributed by atoms with E-state index in [9.17, 15) is 0 Å². The summed E-state index contributed by atoms with van der Waals surface area (Å²) < 4.78 is 10.7. The molecule has 0 spiro atoms. The maximum Gasteiger partial charge on any atom is 0.439 e. The molecule has 1 aromatic carbocycles. The highest BCUT2D eigenvalue weighted by Gasteiger charge is 2.44. The molecule has 0 unspecified atom stereocenters. The summed E-state index contributed by atoms with van der Waals surface area (Å²) in [6, 6.07) is 8.06. The fraction of sp³-hybridized carbons (Fsp3) is 0.538. The quantitative estimate of drug-likeness (QED) is 0.565. The molecule has 2 nitrogen and oxygen atoms in total. The van der Waals surface area contributed by atoms with E-state index < -0.39 is 0 Å². The Morgan fingerprint density at radius 1 is 0.941 bits per heavy atom. The van der Waals surface area contributed by atoms with Crippen molar-refractivity contribution in [2.75, 3.05) is 0 Å². The van der Waals surface area contributed by atoms with E-state index in [-0.39, 0.29) is 11.2 Å². The Kier molecular flexibility index (Phi) is 4.70. The zero-order chi connectivity index (χ0) is 13.1. The van der Waals surface area contributed by atoms with Crippen molar-refractivity contribution in [2.24, 2.45) is 0 Å². The average molecular weight is 252 g/mol. The van der Waals surface area contributed by atoms with Crippen molar-refractivity contribution in [3.05, 3.63) is 29.8 Å². The summed E-state index contributed by atoms with van der Waals surface area (Å²) in [5, 5.41) is 0. The first-order chi connectivity index (χ1) is 7.74. The Balaban J connectivity index is 0.000000171. The third-order valence-electron chi connectivity index (χ3n) is 3.32. The molecule has 1 saturated heterocycles. The van der Waals surface area contributed by atoms with Crippen molar-refractivity contribution < 1.29 is 9.31 Å². The lowest BCUT2D eigenvalue weighted by Gasteiger charge is -2.32. The second-order valence-corrected chi connectivity index (χ2v) is 5.78. The highest BCUT2D eigenvalue weighted by Crippen LogP contribution is 2.33. The summed E-state index contributed by atoms with van der Waals surface area (Å²) in [7, 11) is 0.431. The van der Waals surface area contributed by atoms with Crippen LogP contribution < -0.4 is 0 Å². The molecule has 0 atom stereocenters. The van der Waals surface area contributed by atoms with Gasteiger partial charge in [-0.25, -0.2) is 0 Å². The molecule has 0 bridgehead atoms. The van der Waals surface area contributed by atoms with E-state index in [4.69, 9.17) is 9.31 Å². The van der Waals surface area contributed by atoms with Crippen molar-refractivity contribution in [2.45, 2.75) is 50.7 Å². The van der Waals surface area contributed by atoms with E-state index in [1.54, 1.807) is 0 Å². The Labute approximate surface area is 110 Å². The molecule has 0 N–H and O–H groups in total. The molecule has 1 fully saturated rings. The van der Waals surface area contributed by atoms with Gasteiger partial charge >= 0.3 is 7.69 Å². The van der Waals surface area contributed by atoms with Gasteiger partial charge in [0.15, 0.2) is 0 Å². The van der Waals surface area contributed by atoms with Crippen molar-refractivity contribution in [3.63, 3.8) is 0 Å². The molecule has 4 heteroatoms. The van der Waals surface area contributed by atoms with Crippen molar-refractivity contribution >= 4 is 20.3 Å². The van der Waals surface area contributed by atoms with Gasteiger partial charge in [-0.2, -0.15) is 0 Å². The predicted molar refractivity (Wildman–Crippen MR) is 75.9 cm³/mol. The van der Waals surface area contributed by atoms with Gasteiger partial charge in [-0.3, -0.25) is 0 Å². The fourth-order valence-corrected chi connectivity index (χ4v) is 1.37. The third kappa shape index (κ3) is 4.05. The number of benzene rings is 1. The summed E-state index contributed by atoms with van der Waals surface area (Å²) in [4.78, 5) is 1.02. The topological polar surface area (TPSA) is 18.5 Å². The Morgan fingerprint density at radius 2 is 1.35 bits per heavy atom. The van der Waals surface area contributed by atoms with Crippen LogP contribution in [0.1, 0.15) is 33.3 Å². The second kappa shape index (κ2) is 5.47. The van der Waals surface area contributed by atoms with Crippen molar-refractivity contribution in [1.82, 2.24) is 0 Å². The SMILES string of the molecule is CC1(C)OBOC1(C)C.Cc1ccc(S)cc1. The van der Waals surface area contributed by atoms with Crippen LogP contribution in [0, 0.1) is 6.92 Å². The van der Waals surface area contributed by atoms with Gasteiger partial charge in [0.25, 0.3) is 0 Å². The maximum atomic E-state index is 5.33. The van der Waals surface area contributed by atoms with E-state index in [0.29, 0.717) is 7.69 Å². The first-order valence-corrected chi connectivity index (χ1v) is 6.23. The molecule has 0 radical (unpaired) electrons. The molecule has 2 rings (SSSR count). The van der Waals surface area contributed by atoms with E-state index in [1.165, 1.54) is 5.56 Å². The van der Waals surface area contributed by atoms with Crippen LogP contribution in [0.5, 0.6) is 0 Å². The highest BCUT2D eigenvalue weighted by atomic mass is 32.1. The van der Waals surface area contributed by atoms with Crippen LogP contribution in [0.15, 0.2) is 29.2 Å². The van der Waals surface area contributed by atoms with E-state index in [2.05, 4.69) is 19.6 Å². The molecular weight excluding hydrogens is 231 g/mol. The largest absolute Gasteiger partial charge is 0.439 e. The molecule has 0 aliphatic carbocycles. The van der Waals surface area contributed by atoms with Crippen LogP contribution in [-0.2, 0) is 9.31 Å². The number of rotatable bonds is 0. The molecule has 94 valence electrons. The van der Waals surface area contributed by atoms with Crippen LogP contribution in [0.4, 0.5) is 0 Å². The van der Waals surface area contributed by atoms with Gasteiger partial charge in [0.05, 0.1) is 11.2 Å². The summed E-state index contributed by atoms with van der Waals surface area (Å²) >= 11 is 4.13. The van der Waals surface area contributed by atoms with Gasteiger partial charge in [0.1, 0.15) is 0 Å². The Bertz CT molecular complexity index is 325. The zero-order valence-electron chi connectivity index (χ0n) is 11.3. The minimum absolute atomic E-state index is 0.132. The molecule has 17 heavy (non-hydrogen) atoms. The lowest BCUT2D eigenvalue weighted by molar-refractivity contribution is 0.00578. The van der Waals surface area contributed by atoms with Crippen molar-refractivity contribution in [1.29, 1.82) is 0 Å². The minimum atomic E-state index is -0.132. The third-order valence-corrected chi connectivity index (χ3v) is 3.62. The summed E-state index contributed by atoms with van der Waals surface area (Å²) in [5.74, 6) is 0. The van der Waals surface area contributed by atoms with Gasteiger partial charge in [-0.05, 0) is 46.8 Å². The number of hydrogen-bond acceptors (Lipinski definition) is 3. The normalized spacial score (nSPS) is 20.1. The number of thiol groups is 1. The van der Waals surface area contributed by atoms with Crippen LogP contribution in [0.2, 0.25) is 0 Å². The molecule has 1 aliphatic heterocycles. The molecule has 1 aliphatic rings. The van der Waals surface area contributed by atoms with E-state index >= 15 is 0 Å².